The molecule has 0 saturated heterocycles. The van der Waals surface area contributed by atoms with Crippen molar-refractivity contribution in [2.45, 2.75) is 25.6 Å². The van der Waals surface area contributed by atoms with Crippen LogP contribution in [0.5, 0.6) is 5.75 Å². The number of carbonyl (C=O) groups excluding carboxylic acids is 1. The molecular formula is C26H21ClF3N3O2. The fraction of sp³-hybridized carbons (Fsp3) is 0.231. The molecule has 0 aliphatic carbocycles. The van der Waals surface area contributed by atoms with E-state index in [1.807, 2.05) is 18.2 Å². The van der Waals surface area contributed by atoms with Gasteiger partial charge >= 0.3 is 6.18 Å². The average Bonchev–Trinajstić information content (AvgIpc) is 3.19. The molecule has 0 saturated carbocycles. The first-order valence-corrected chi connectivity index (χ1v) is 11.3. The second-order valence-electron chi connectivity index (χ2n) is 8.52. The predicted octanol–water partition coefficient (Wildman–Crippen LogP) is 6.34. The quantitative estimate of drug-likeness (QED) is 0.335. The first-order valence-electron chi connectivity index (χ1n) is 11.0. The van der Waals surface area contributed by atoms with Crippen molar-refractivity contribution >= 4 is 28.4 Å². The van der Waals surface area contributed by atoms with Gasteiger partial charge in [-0.05, 0) is 66.9 Å². The number of halogens is 4. The maximum Gasteiger partial charge on any atom is 0.416 e. The number of fused-ring (bicyclic) bond motifs is 3. The molecule has 5 rings (SSSR count). The number of aromatic nitrogens is 2. The normalized spacial score (nSPS) is 15.8. The highest BCUT2D eigenvalue weighted by Gasteiger charge is 2.37. The maximum absolute atomic E-state index is 13.7. The van der Waals surface area contributed by atoms with Crippen LogP contribution < -0.4 is 4.74 Å². The molecular weight excluding hydrogens is 479 g/mol. The van der Waals surface area contributed by atoms with Gasteiger partial charge in [-0.1, -0.05) is 23.7 Å². The highest BCUT2D eigenvalue weighted by atomic mass is 35.5. The number of amides is 1. The van der Waals surface area contributed by atoms with Gasteiger partial charge in [0.25, 0.3) is 5.91 Å². The third-order valence-electron chi connectivity index (χ3n) is 6.29. The lowest BCUT2D eigenvalue weighted by atomic mass is 9.91. The molecule has 5 nitrogen and oxygen atoms in total. The Morgan fingerprint density at radius 1 is 1.17 bits per heavy atom. The largest absolute Gasteiger partial charge is 0.497 e. The number of nitrogens with one attached hydrogen (secondary N) is 1. The van der Waals surface area contributed by atoms with Gasteiger partial charge in [0.1, 0.15) is 10.9 Å². The number of pyridine rings is 1. The molecule has 0 spiro atoms. The number of methoxy groups -OCH3 is 1. The Morgan fingerprint density at radius 3 is 2.69 bits per heavy atom. The minimum atomic E-state index is -4.51. The number of benzene rings is 2. The first-order chi connectivity index (χ1) is 16.7. The average molecular weight is 500 g/mol. The Kier molecular flexibility index (Phi) is 5.71. The molecule has 0 fully saturated rings. The number of ether oxygens (including phenoxy) is 1. The van der Waals surface area contributed by atoms with Crippen molar-refractivity contribution < 1.29 is 22.7 Å². The van der Waals surface area contributed by atoms with Crippen LogP contribution >= 0.6 is 11.6 Å². The van der Waals surface area contributed by atoms with E-state index in [0.29, 0.717) is 41.2 Å². The van der Waals surface area contributed by atoms with Crippen LogP contribution in [0.3, 0.4) is 0 Å². The first kappa shape index (κ1) is 23.2. The minimum absolute atomic E-state index is 0.180. The summed E-state index contributed by atoms with van der Waals surface area (Å²) in [5.74, 6) is 0.344. The van der Waals surface area contributed by atoms with E-state index in [4.69, 9.17) is 16.3 Å². The molecule has 1 aliphatic rings. The molecule has 3 heterocycles. The van der Waals surface area contributed by atoms with E-state index in [-0.39, 0.29) is 11.1 Å². The van der Waals surface area contributed by atoms with E-state index in [2.05, 4.69) is 9.97 Å². The smallest absolute Gasteiger partial charge is 0.416 e. The van der Waals surface area contributed by atoms with Gasteiger partial charge in [0.15, 0.2) is 0 Å². The molecule has 35 heavy (non-hydrogen) atoms. The van der Waals surface area contributed by atoms with E-state index >= 15 is 0 Å². The van der Waals surface area contributed by atoms with Gasteiger partial charge in [0.2, 0.25) is 0 Å². The summed E-state index contributed by atoms with van der Waals surface area (Å²) in [5.41, 5.74) is 2.97. The zero-order valence-corrected chi connectivity index (χ0v) is 19.7. The highest BCUT2D eigenvalue weighted by molar-refractivity contribution is 6.29. The molecule has 2 aromatic heterocycles. The van der Waals surface area contributed by atoms with Gasteiger partial charge < -0.3 is 14.6 Å². The van der Waals surface area contributed by atoms with Crippen molar-refractivity contribution in [3.63, 3.8) is 0 Å². The highest BCUT2D eigenvalue weighted by Crippen LogP contribution is 2.41. The lowest BCUT2D eigenvalue weighted by Crippen LogP contribution is -2.40. The van der Waals surface area contributed by atoms with Crippen LogP contribution in [0.2, 0.25) is 5.15 Å². The van der Waals surface area contributed by atoms with Gasteiger partial charge in [-0.2, -0.15) is 13.2 Å². The Hall–Kier alpha value is -3.52. The molecule has 1 atom stereocenters. The molecule has 0 radical (unpaired) electrons. The van der Waals surface area contributed by atoms with Crippen LogP contribution in [0.1, 0.15) is 44.5 Å². The van der Waals surface area contributed by atoms with E-state index in [1.54, 1.807) is 31.1 Å². The van der Waals surface area contributed by atoms with Gasteiger partial charge in [0, 0.05) is 34.4 Å². The van der Waals surface area contributed by atoms with Crippen molar-refractivity contribution in [3.8, 4) is 5.75 Å². The topological polar surface area (TPSA) is 58.2 Å². The number of nitrogens with zero attached hydrogens (tertiary/aromatic N) is 2. The number of carbonyl (C=O) groups is 1. The predicted molar refractivity (Wildman–Crippen MR) is 127 cm³/mol. The van der Waals surface area contributed by atoms with Gasteiger partial charge in [0.05, 0.1) is 18.7 Å². The lowest BCUT2D eigenvalue weighted by Gasteiger charge is -2.36. The SMILES string of the molecule is COc1ccc2[nH]c3c(c2c1)CCN(C(=O)c1cc(C)nc(Cl)c1)[C@@H]3c1cccc(C(F)(F)F)c1. The van der Waals surface area contributed by atoms with Gasteiger partial charge in [-0.25, -0.2) is 4.98 Å². The summed E-state index contributed by atoms with van der Waals surface area (Å²) < 4.78 is 46.1. The van der Waals surface area contributed by atoms with Gasteiger partial charge in [-0.15, -0.1) is 0 Å². The summed E-state index contributed by atoms with van der Waals surface area (Å²) in [6.45, 7) is 2.04. The van der Waals surface area contributed by atoms with E-state index in [1.165, 1.54) is 12.1 Å². The van der Waals surface area contributed by atoms with Crippen molar-refractivity contribution in [2.24, 2.45) is 0 Å². The zero-order valence-electron chi connectivity index (χ0n) is 18.9. The summed E-state index contributed by atoms with van der Waals surface area (Å²) in [6.07, 6.45) is -3.98. The third kappa shape index (κ3) is 4.23. The molecule has 4 aromatic rings. The van der Waals surface area contributed by atoms with Crippen LogP contribution in [0.25, 0.3) is 10.9 Å². The Morgan fingerprint density at radius 2 is 1.97 bits per heavy atom. The van der Waals surface area contributed by atoms with E-state index in [0.717, 1.165) is 28.6 Å². The Balaban J connectivity index is 1.69. The number of aryl methyl sites for hydroxylation is 1. The monoisotopic (exact) mass is 499 g/mol. The molecule has 0 bridgehead atoms. The zero-order chi connectivity index (χ0) is 24.9. The van der Waals surface area contributed by atoms with Gasteiger partial charge in [-0.3, -0.25) is 4.79 Å². The molecule has 1 N–H and O–H groups in total. The van der Waals surface area contributed by atoms with Crippen molar-refractivity contribution in [2.75, 3.05) is 13.7 Å². The molecule has 9 heteroatoms. The minimum Gasteiger partial charge on any atom is -0.497 e. The molecule has 180 valence electrons. The summed E-state index contributed by atoms with van der Waals surface area (Å²) >= 11 is 6.10. The van der Waals surface area contributed by atoms with Crippen molar-refractivity contribution in [1.82, 2.24) is 14.9 Å². The number of alkyl halides is 3. The van der Waals surface area contributed by atoms with Crippen LogP contribution in [0.15, 0.2) is 54.6 Å². The fourth-order valence-corrected chi connectivity index (χ4v) is 5.01. The fourth-order valence-electron chi connectivity index (χ4n) is 4.76. The van der Waals surface area contributed by atoms with Crippen molar-refractivity contribution in [3.05, 3.63) is 93.4 Å². The number of hydrogen-bond acceptors (Lipinski definition) is 3. The number of H-pyrrole nitrogens is 1. The Bertz CT molecular complexity index is 1430. The van der Waals surface area contributed by atoms with Crippen LogP contribution in [-0.2, 0) is 12.6 Å². The molecule has 1 amide bonds. The molecule has 0 unspecified atom stereocenters. The molecule has 1 aliphatic heterocycles. The summed E-state index contributed by atoms with van der Waals surface area (Å²) in [4.78, 5) is 22.7. The Labute approximate surface area is 204 Å². The number of hydrogen-bond donors (Lipinski definition) is 1. The second-order valence-corrected chi connectivity index (χ2v) is 8.91. The van der Waals surface area contributed by atoms with Crippen molar-refractivity contribution in [1.29, 1.82) is 0 Å². The molecule has 2 aromatic carbocycles. The van der Waals surface area contributed by atoms with Crippen LogP contribution in [0.4, 0.5) is 13.2 Å². The maximum atomic E-state index is 13.7. The van der Waals surface area contributed by atoms with Crippen LogP contribution in [0, 0.1) is 6.92 Å². The number of aromatic amines is 1. The second kappa shape index (κ2) is 8.61. The van der Waals surface area contributed by atoms with Crippen LogP contribution in [-0.4, -0.2) is 34.4 Å². The lowest BCUT2D eigenvalue weighted by molar-refractivity contribution is -0.137. The summed E-state index contributed by atoms with van der Waals surface area (Å²) in [6, 6.07) is 13.1. The summed E-state index contributed by atoms with van der Waals surface area (Å²) in [5, 5.41) is 1.10. The standard InChI is InChI=1S/C26H21ClF3N3O2/c1-14-10-16(12-22(27)31-14)25(34)33-9-8-19-20-13-18(35-2)6-7-21(20)32-23(19)24(33)15-4-3-5-17(11-15)26(28,29)30/h3-7,10-13,24,32H,8-9H2,1-2H3/t24-/m1/s1. The van der Waals surface area contributed by atoms with E-state index in [9.17, 15) is 18.0 Å². The summed E-state index contributed by atoms with van der Waals surface area (Å²) in [7, 11) is 1.58. The number of rotatable bonds is 3. The third-order valence-corrected chi connectivity index (χ3v) is 6.49. The van der Waals surface area contributed by atoms with E-state index < -0.39 is 17.8 Å².